The van der Waals surface area contributed by atoms with Crippen LogP contribution in [0.1, 0.15) is 17.4 Å². The van der Waals surface area contributed by atoms with E-state index in [1.165, 1.54) is 10.9 Å². The van der Waals surface area contributed by atoms with Crippen LogP contribution in [0.25, 0.3) is 0 Å². The molecule has 0 aliphatic heterocycles. The van der Waals surface area contributed by atoms with Gasteiger partial charge in [-0.25, -0.2) is 0 Å². The van der Waals surface area contributed by atoms with E-state index >= 15 is 0 Å². The SMILES string of the molecule is C#CC(C)NC(=O)c1cn(CCN)nn1. The summed E-state index contributed by atoms with van der Waals surface area (Å²) < 4.78 is 1.51. The van der Waals surface area contributed by atoms with Gasteiger partial charge in [0.15, 0.2) is 5.69 Å². The van der Waals surface area contributed by atoms with Gasteiger partial charge in [-0.2, -0.15) is 0 Å². The Balaban J connectivity index is 2.62. The van der Waals surface area contributed by atoms with E-state index in [4.69, 9.17) is 12.2 Å². The summed E-state index contributed by atoms with van der Waals surface area (Å²) in [5.74, 6) is 2.06. The van der Waals surface area contributed by atoms with Gasteiger partial charge >= 0.3 is 0 Å². The summed E-state index contributed by atoms with van der Waals surface area (Å²) in [7, 11) is 0. The first-order chi connectivity index (χ1) is 7.17. The molecule has 0 bridgehead atoms. The minimum absolute atomic E-state index is 0.241. The number of nitrogens with one attached hydrogen (secondary N) is 1. The van der Waals surface area contributed by atoms with E-state index < -0.39 is 0 Å². The first-order valence-electron chi connectivity index (χ1n) is 4.54. The van der Waals surface area contributed by atoms with Crippen molar-refractivity contribution in [1.82, 2.24) is 20.3 Å². The van der Waals surface area contributed by atoms with E-state index in [0.717, 1.165) is 0 Å². The van der Waals surface area contributed by atoms with E-state index in [1.54, 1.807) is 6.92 Å². The Morgan fingerprint density at radius 1 is 1.87 bits per heavy atom. The number of rotatable bonds is 4. The summed E-state index contributed by atoms with van der Waals surface area (Å²) in [5, 5.41) is 10.0. The molecule has 1 amide bonds. The van der Waals surface area contributed by atoms with Crippen LogP contribution in [0.5, 0.6) is 0 Å². The molecule has 0 aromatic carbocycles. The highest BCUT2D eigenvalue weighted by Crippen LogP contribution is 1.93. The predicted molar refractivity (Wildman–Crippen MR) is 54.8 cm³/mol. The smallest absolute Gasteiger partial charge is 0.274 e. The number of nitrogens with two attached hydrogens (primary N) is 1. The maximum Gasteiger partial charge on any atom is 0.274 e. The molecular formula is C9H13N5O. The van der Waals surface area contributed by atoms with Crippen LogP contribution < -0.4 is 11.1 Å². The number of hydrogen-bond donors (Lipinski definition) is 2. The van der Waals surface area contributed by atoms with Crippen LogP contribution in [0.2, 0.25) is 0 Å². The van der Waals surface area contributed by atoms with Gasteiger partial charge in [-0.3, -0.25) is 9.48 Å². The van der Waals surface area contributed by atoms with Gasteiger partial charge in [0.05, 0.1) is 18.8 Å². The van der Waals surface area contributed by atoms with E-state index in [-0.39, 0.29) is 17.6 Å². The molecular weight excluding hydrogens is 194 g/mol. The fraction of sp³-hybridized carbons (Fsp3) is 0.444. The summed E-state index contributed by atoms with van der Waals surface area (Å²) in [6, 6.07) is -0.322. The fourth-order valence-electron chi connectivity index (χ4n) is 0.956. The van der Waals surface area contributed by atoms with Crippen LogP contribution in [0.3, 0.4) is 0 Å². The number of hydrogen-bond acceptors (Lipinski definition) is 4. The number of carbonyl (C=O) groups excluding carboxylic acids is 1. The Kier molecular flexibility index (Phi) is 3.83. The normalized spacial score (nSPS) is 11.8. The van der Waals surface area contributed by atoms with Crippen molar-refractivity contribution in [2.24, 2.45) is 5.73 Å². The molecule has 1 atom stereocenters. The number of terminal acetylenes is 1. The Morgan fingerprint density at radius 3 is 3.20 bits per heavy atom. The first-order valence-corrected chi connectivity index (χ1v) is 4.54. The summed E-state index contributed by atoms with van der Waals surface area (Å²) in [6.07, 6.45) is 6.66. The summed E-state index contributed by atoms with van der Waals surface area (Å²) in [6.45, 7) is 2.69. The van der Waals surface area contributed by atoms with Crippen LogP contribution in [0.4, 0.5) is 0 Å². The van der Waals surface area contributed by atoms with Crippen molar-refractivity contribution >= 4 is 5.91 Å². The minimum atomic E-state index is -0.330. The van der Waals surface area contributed by atoms with Crippen molar-refractivity contribution < 1.29 is 4.79 Å². The van der Waals surface area contributed by atoms with Crippen molar-refractivity contribution in [2.75, 3.05) is 6.54 Å². The minimum Gasteiger partial charge on any atom is -0.337 e. The van der Waals surface area contributed by atoms with Crippen LogP contribution in [0.15, 0.2) is 6.20 Å². The lowest BCUT2D eigenvalue weighted by atomic mass is 10.3. The molecule has 1 heterocycles. The molecule has 1 unspecified atom stereocenters. The van der Waals surface area contributed by atoms with Gasteiger partial charge in [0.25, 0.3) is 5.91 Å². The number of carbonyl (C=O) groups is 1. The van der Waals surface area contributed by atoms with Crippen molar-refractivity contribution in [3.05, 3.63) is 11.9 Å². The maximum absolute atomic E-state index is 11.5. The van der Waals surface area contributed by atoms with Gasteiger partial charge < -0.3 is 11.1 Å². The molecule has 1 rings (SSSR count). The van der Waals surface area contributed by atoms with Gasteiger partial charge in [0.1, 0.15) is 0 Å². The second-order valence-electron chi connectivity index (χ2n) is 3.02. The van der Waals surface area contributed by atoms with E-state index in [1.807, 2.05) is 0 Å². The lowest BCUT2D eigenvalue weighted by Gasteiger charge is -2.04. The van der Waals surface area contributed by atoms with Gasteiger partial charge in [-0.15, -0.1) is 11.5 Å². The largest absolute Gasteiger partial charge is 0.337 e. The second kappa shape index (κ2) is 5.12. The molecule has 3 N–H and O–H groups in total. The van der Waals surface area contributed by atoms with Crippen LogP contribution in [0, 0.1) is 12.3 Å². The lowest BCUT2D eigenvalue weighted by Crippen LogP contribution is -2.31. The zero-order valence-corrected chi connectivity index (χ0v) is 8.47. The third-order valence-electron chi connectivity index (χ3n) is 1.73. The first kappa shape index (κ1) is 11.2. The van der Waals surface area contributed by atoms with Gasteiger partial charge in [-0.1, -0.05) is 11.1 Å². The lowest BCUT2D eigenvalue weighted by molar-refractivity contribution is 0.0943. The highest BCUT2D eigenvalue weighted by atomic mass is 16.2. The fourth-order valence-corrected chi connectivity index (χ4v) is 0.956. The van der Waals surface area contributed by atoms with Gasteiger partial charge in [-0.05, 0) is 6.92 Å². The van der Waals surface area contributed by atoms with Crippen molar-refractivity contribution in [3.8, 4) is 12.3 Å². The molecule has 1 aromatic rings. The summed E-state index contributed by atoms with van der Waals surface area (Å²) in [5.41, 5.74) is 5.57. The van der Waals surface area contributed by atoms with Crippen molar-refractivity contribution in [3.63, 3.8) is 0 Å². The molecule has 0 aliphatic rings. The molecule has 0 fully saturated rings. The molecule has 6 heteroatoms. The summed E-state index contributed by atoms with van der Waals surface area (Å²) in [4.78, 5) is 11.5. The molecule has 0 spiro atoms. The van der Waals surface area contributed by atoms with Crippen molar-refractivity contribution in [1.29, 1.82) is 0 Å². The molecule has 0 saturated heterocycles. The molecule has 0 aliphatic carbocycles. The van der Waals surface area contributed by atoms with Gasteiger partial charge in [0, 0.05) is 6.54 Å². The molecule has 80 valence electrons. The zero-order chi connectivity index (χ0) is 11.3. The molecule has 1 aromatic heterocycles. The standard InChI is InChI=1S/C9H13N5O/c1-3-7(2)11-9(15)8-6-14(5-4-10)13-12-8/h1,6-7H,4-5,10H2,2H3,(H,11,15). The van der Waals surface area contributed by atoms with Gasteiger partial charge in [0.2, 0.25) is 0 Å². The van der Waals surface area contributed by atoms with Crippen LogP contribution >= 0.6 is 0 Å². The predicted octanol–water partition coefficient (Wildman–Crippen LogP) is -1.01. The number of nitrogens with zero attached hydrogens (tertiary/aromatic N) is 3. The average Bonchev–Trinajstić information content (AvgIpc) is 2.67. The quantitative estimate of drug-likeness (QED) is 0.619. The molecule has 0 saturated carbocycles. The zero-order valence-electron chi connectivity index (χ0n) is 8.47. The van der Waals surface area contributed by atoms with Crippen LogP contribution in [-0.2, 0) is 6.54 Å². The third-order valence-corrected chi connectivity index (χ3v) is 1.73. The molecule has 0 radical (unpaired) electrons. The Labute approximate surface area is 87.8 Å². The Morgan fingerprint density at radius 2 is 2.60 bits per heavy atom. The molecule has 6 nitrogen and oxygen atoms in total. The second-order valence-corrected chi connectivity index (χ2v) is 3.02. The topological polar surface area (TPSA) is 85.8 Å². The third kappa shape index (κ3) is 3.07. The van der Waals surface area contributed by atoms with Crippen LogP contribution in [-0.4, -0.2) is 33.5 Å². The maximum atomic E-state index is 11.5. The molecule has 15 heavy (non-hydrogen) atoms. The average molecular weight is 207 g/mol. The highest BCUT2D eigenvalue weighted by Gasteiger charge is 2.11. The van der Waals surface area contributed by atoms with E-state index in [9.17, 15) is 4.79 Å². The Hall–Kier alpha value is -1.87. The number of aromatic nitrogens is 3. The number of amides is 1. The van der Waals surface area contributed by atoms with E-state index in [2.05, 4.69) is 21.5 Å². The van der Waals surface area contributed by atoms with E-state index in [0.29, 0.717) is 13.1 Å². The Bertz CT molecular complexity index is 378. The van der Waals surface area contributed by atoms with Crippen molar-refractivity contribution in [2.45, 2.75) is 19.5 Å². The monoisotopic (exact) mass is 207 g/mol. The highest BCUT2D eigenvalue weighted by molar-refractivity contribution is 5.92. The summed E-state index contributed by atoms with van der Waals surface area (Å²) >= 11 is 0.